The second-order valence-corrected chi connectivity index (χ2v) is 9.69. The average molecular weight is 514 g/mol. The first kappa shape index (κ1) is 26.7. The lowest BCUT2D eigenvalue weighted by Crippen LogP contribution is -2.52. The molecule has 1 fully saturated rings. The molecule has 1 aliphatic heterocycles. The van der Waals surface area contributed by atoms with Gasteiger partial charge in [-0.25, -0.2) is 4.79 Å². The Hall–Kier alpha value is -4.33. The van der Waals surface area contributed by atoms with Gasteiger partial charge >= 0.3 is 6.03 Å². The molecule has 0 bridgehead atoms. The maximum Gasteiger partial charge on any atom is 0.317 e. The quantitative estimate of drug-likeness (QED) is 0.473. The number of hydrogen-bond donors (Lipinski definition) is 2. The molecule has 1 heterocycles. The van der Waals surface area contributed by atoms with Gasteiger partial charge in [0.1, 0.15) is 6.54 Å². The van der Waals surface area contributed by atoms with Gasteiger partial charge in [-0.2, -0.15) is 0 Å². The van der Waals surface area contributed by atoms with Crippen molar-refractivity contribution < 1.29 is 14.4 Å². The zero-order valence-electron chi connectivity index (χ0n) is 22.0. The normalized spacial score (nSPS) is 13.2. The minimum atomic E-state index is -0.261. The summed E-state index contributed by atoms with van der Waals surface area (Å²) in [4.78, 5) is 44.0. The first-order chi connectivity index (χ1) is 18.4. The number of nitrogens with one attached hydrogen (secondary N) is 2. The van der Waals surface area contributed by atoms with E-state index in [1.165, 1.54) is 0 Å². The molecule has 0 spiro atoms. The topological polar surface area (TPSA) is 85.0 Å². The number of carbonyl (C=O) groups excluding carboxylic acids is 3. The molecule has 2 N–H and O–H groups in total. The van der Waals surface area contributed by atoms with Crippen LogP contribution in [0.4, 0.5) is 16.2 Å². The van der Waals surface area contributed by atoms with E-state index >= 15 is 0 Å². The smallest absolute Gasteiger partial charge is 0.317 e. The highest BCUT2D eigenvalue weighted by Crippen LogP contribution is 2.20. The number of rotatable bonds is 8. The molecule has 1 saturated heterocycles. The molecule has 8 nitrogen and oxygen atoms in total. The van der Waals surface area contributed by atoms with E-state index in [4.69, 9.17) is 0 Å². The lowest BCUT2D eigenvalue weighted by Gasteiger charge is -2.36. The number of nitrogens with zero attached hydrogens (tertiary/aromatic N) is 3. The molecular weight excluding hydrogens is 478 g/mol. The molecule has 4 amide bonds. The van der Waals surface area contributed by atoms with Crippen molar-refractivity contribution in [2.75, 3.05) is 42.9 Å². The fourth-order valence-electron chi connectivity index (χ4n) is 4.40. The molecule has 0 radical (unpaired) electrons. The Kier molecular flexibility index (Phi) is 8.98. The number of carbonyl (C=O) groups is 3. The minimum absolute atomic E-state index is 0.0234. The highest BCUT2D eigenvalue weighted by atomic mass is 16.2. The summed E-state index contributed by atoms with van der Waals surface area (Å²) in [7, 11) is 0. The van der Waals surface area contributed by atoms with Crippen molar-refractivity contribution >= 4 is 29.2 Å². The fraction of sp³-hybridized carbons (Fsp3) is 0.300. The van der Waals surface area contributed by atoms with E-state index < -0.39 is 0 Å². The summed E-state index contributed by atoms with van der Waals surface area (Å²) in [5.74, 6) is -0.455. The third kappa shape index (κ3) is 7.35. The Bertz CT molecular complexity index is 1210. The summed E-state index contributed by atoms with van der Waals surface area (Å²) in [5.41, 5.74) is 3.20. The molecule has 0 aromatic heterocycles. The zero-order chi connectivity index (χ0) is 26.9. The van der Waals surface area contributed by atoms with Crippen molar-refractivity contribution in [2.24, 2.45) is 0 Å². The van der Waals surface area contributed by atoms with Crippen molar-refractivity contribution in [3.8, 4) is 0 Å². The van der Waals surface area contributed by atoms with Crippen LogP contribution in [-0.4, -0.2) is 66.4 Å². The largest absolute Gasteiger partial charge is 0.368 e. The van der Waals surface area contributed by atoms with Crippen LogP contribution in [0.25, 0.3) is 0 Å². The molecule has 0 saturated carbocycles. The van der Waals surface area contributed by atoms with Gasteiger partial charge in [0, 0.05) is 55.7 Å². The Morgan fingerprint density at radius 1 is 0.816 bits per heavy atom. The first-order valence-corrected chi connectivity index (χ1v) is 13.0. The summed E-state index contributed by atoms with van der Waals surface area (Å²) in [6.45, 7) is 6.98. The van der Waals surface area contributed by atoms with Crippen LogP contribution in [0.2, 0.25) is 0 Å². The lowest BCUT2D eigenvalue weighted by atomic mass is 10.1. The van der Waals surface area contributed by atoms with Crippen LogP contribution in [0.15, 0.2) is 84.9 Å². The van der Waals surface area contributed by atoms with E-state index in [0.717, 1.165) is 24.3 Å². The third-order valence-corrected chi connectivity index (χ3v) is 6.35. The molecule has 0 aliphatic carbocycles. The minimum Gasteiger partial charge on any atom is -0.368 e. The van der Waals surface area contributed by atoms with Gasteiger partial charge in [0.25, 0.3) is 5.91 Å². The van der Waals surface area contributed by atoms with Crippen molar-refractivity contribution in [2.45, 2.75) is 26.4 Å². The number of hydrogen-bond acceptors (Lipinski definition) is 4. The molecule has 1 aliphatic rings. The number of urea groups is 1. The Morgan fingerprint density at radius 3 is 2.03 bits per heavy atom. The Labute approximate surface area is 224 Å². The van der Waals surface area contributed by atoms with E-state index in [1.54, 1.807) is 17.0 Å². The Balaban J connectivity index is 1.35. The van der Waals surface area contributed by atoms with Gasteiger partial charge in [-0.3, -0.25) is 9.59 Å². The summed E-state index contributed by atoms with van der Waals surface area (Å²) in [6, 6.07) is 26.4. The van der Waals surface area contributed by atoms with Gasteiger partial charge in [0.2, 0.25) is 5.91 Å². The standard InChI is InChI=1S/C30H35N5O3/c1-23(2)31-30(38)34-19-17-33(18-20-34)27-15-13-26(14-16-27)32-28(36)22-35(21-24-9-5-3-6-10-24)29(37)25-11-7-4-8-12-25/h3-16,23H,17-22H2,1-2H3,(H,31,38)(H,32,36). The van der Waals surface area contributed by atoms with Crippen molar-refractivity contribution in [1.29, 1.82) is 0 Å². The molecule has 198 valence electrons. The van der Waals surface area contributed by atoms with Crippen LogP contribution in [0.1, 0.15) is 29.8 Å². The van der Waals surface area contributed by atoms with Gasteiger partial charge in [-0.15, -0.1) is 0 Å². The van der Waals surface area contributed by atoms with Crippen LogP contribution in [0.5, 0.6) is 0 Å². The second kappa shape index (κ2) is 12.8. The van der Waals surface area contributed by atoms with Crippen molar-refractivity contribution in [3.63, 3.8) is 0 Å². The summed E-state index contributed by atoms with van der Waals surface area (Å²) >= 11 is 0. The van der Waals surface area contributed by atoms with E-state index in [0.29, 0.717) is 30.9 Å². The monoisotopic (exact) mass is 513 g/mol. The van der Waals surface area contributed by atoms with Gasteiger partial charge < -0.3 is 25.3 Å². The maximum atomic E-state index is 13.2. The van der Waals surface area contributed by atoms with Gasteiger partial charge in [0.05, 0.1) is 0 Å². The number of amides is 4. The number of benzene rings is 3. The molecule has 3 aromatic carbocycles. The van der Waals surface area contributed by atoms with Gasteiger partial charge in [-0.05, 0) is 55.8 Å². The molecule has 3 aromatic rings. The van der Waals surface area contributed by atoms with E-state index in [-0.39, 0.29) is 30.4 Å². The van der Waals surface area contributed by atoms with Gasteiger partial charge in [0.15, 0.2) is 0 Å². The van der Waals surface area contributed by atoms with Crippen LogP contribution in [0, 0.1) is 0 Å². The molecule has 0 unspecified atom stereocenters. The van der Waals surface area contributed by atoms with Gasteiger partial charge in [-0.1, -0.05) is 48.5 Å². The van der Waals surface area contributed by atoms with E-state index in [2.05, 4.69) is 15.5 Å². The van der Waals surface area contributed by atoms with Crippen molar-refractivity contribution in [1.82, 2.24) is 15.1 Å². The van der Waals surface area contributed by atoms with Crippen LogP contribution < -0.4 is 15.5 Å². The SMILES string of the molecule is CC(C)NC(=O)N1CCN(c2ccc(NC(=O)CN(Cc3ccccc3)C(=O)c3ccccc3)cc2)CC1. The highest BCUT2D eigenvalue weighted by molar-refractivity contribution is 5.99. The van der Waals surface area contributed by atoms with Crippen LogP contribution in [-0.2, 0) is 11.3 Å². The molecule has 8 heteroatoms. The summed E-state index contributed by atoms with van der Waals surface area (Å²) in [5, 5.41) is 5.86. The van der Waals surface area contributed by atoms with Crippen LogP contribution >= 0.6 is 0 Å². The van der Waals surface area contributed by atoms with E-state index in [1.807, 2.05) is 91.5 Å². The first-order valence-electron chi connectivity index (χ1n) is 13.0. The molecule has 4 rings (SSSR count). The average Bonchev–Trinajstić information content (AvgIpc) is 2.93. The second-order valence-electron chi connectivity index (χ2n) is 9.69. The molecule has 0 atom stereocenters. The molecule has 38 heavy (non-hydrogen) atoms. The fourth-order valence-corrected chi connectivity index (χ4v) is 4.40. The lowest BCUT2D eigenvalue weighted by molar-refractivity contribution is -0.117. The zero-order valence-corrected chi connectivity index (χ0v) is 22.0. The predicted octanol–water partition coefficient (Wildman–Crippen LogP) is 4.21. The molecular formula is C30H35N5O3. The Morgan fingerprint density at radius 2 is 1.42 bits per heavy atom. The number of anilines is 2. The van der Waals surface area contributed by atoms with E-state index in [9.17, 15) is 14.4 Å². The summed E-state index contributed by atoms with van der Waals surface area (Å²) < 4.78 is 0. The van der Waals surface area contributed by atoms with Crippen molar-refractivity contribution in [3.05, 3.63) is 96.1 Å². The predicted molar refractivity (Wildman–Crippen MR) is 150 cm³/mol. The summed E-state index contributed by atoms with van der Waals surface area (Å²) in [6.07, 6.45) is 0. The van der Waals surface area contributed by atoms with Crippen LogP contribution in [0.3, 0.4) is 0 Å². The maximum absolute atomic E-state index is 13.2. The highest BCUT2D eigenvalue weighted by Gasteiger charge is 2.22. The third-order valence-electron chi connectivity index (χ3n) is 6.35. The number of piperazine rings is 1.